The maximum atomic E-state index is 11.8. The van der Waals surface area contributed by atoms with Gasteiger partial charge in [-0.05, 0) is 13.8 Å². The number of anilines is 2. The molecule has 0 saturated carbocycles. The number of hydrogen-bond donors (Lipinski definition) is 2. The van der Waals surface area contributed by atoms with E-state index in [1.54, 1.807) is 21.0 Å². The molecule has 0 saturated heterocycles. The fraction of sp³-hybridized carbons (Fsp3) is 0.545. The van der Waals surface area contributed by atoms with E-state index in [2.05, 4.69) is 15.4 Å². The van der Waals surface area contributed by atoms with Crippen LogP contribution in [0.25, 0.3) is 0 Å². The molecule has 0 aromatic carbocycles. The fourth-order valence-corrected chi connectivity index (χ4v) is 1.69. The zero-order valence-corrected chi connectivity index (χ0v) is 12.5. The summed E-state index contributed by atoms with van der Waals surface area (Å²) >= 11 is 0. The summed E-state index contributed by atoms with van der Waals surface area (Å²) in [6.07, 6.45) is 0. The first-order valence-electron chi connectivity index (χ1n) is 6.26. The van der Waals surface area contributed by atoms with Gasteiger partial charge in [-0.2, -0.15) is 4.98 Å². The standard InChI is InChI=1S/C11H19N7O3/c1-5-17(6-8(19)16(3)4)10-9(18(20)21)7(2)13-11(14-10)15-12/h5-6,12H2,1-4H3,(H,13,14,15). The molecule has 10 heteroatoms. The Bertz CT molecular complexity index is 547. The van der Waals surface area contributed by atoms with E-state index in [1.165, 1.54) is 16.7 Å². The summed E-state index contributed by atoms with van der Waals surface area (Å²) in [6.45, 7) is 3.62. The number of aryl methyl sites for hydroxylation is 1. The Morgan fingerprint density at radius 1 is 1.43 bits per heavy atom. The highest BCUT2D eigenvalue weighted by Gasteiger charge is 2.27. The van der Waals surface area contributed by atoms with Gasteiger partial charge in [-0.25, -0.2) is 10.8 Å². The van der Waals surface area contributed by atoms with Crippen LogP contribution in [0.1, 0.15) is 12.6 Å². The molecule has 0 atom stereocenters. The molecule has 0 unspecified atom stereocenters. The molecule has 1 heterocycles. The molecule has 1 amide bonds. The van der Waals surface area contributed by atoms with Crippen LogP contribution in [-0.2, 0) is 4.79 Å². The average molecular weight is 297 g/mol. The molecular formula is C11H19N7O3. The fourth-order valence-electron chi connectivity index (χ4n) is 1.69. The number of carbonyl (C=O) groups is 1. The number of nitrogens with zero attached hydrogens (tertiary/aromatic N) is 5. The second kappa shape index (κ2) is 6.79. The highest BCUT2D eigenvalue weighted by Crippen LogP contribution is 2.29. The van der Waals surface area contributed by atoms with Crippen molar-refractivity contribution in [3.05, 3.63) is 15.8 Å². The number of aromatic nitrogens is 2. The first-order chi connectivity index (χ1) is 9.81. The van der Waals surface area contributed by atoms with Crippen molar-refractivity contribution >= 4 is 23.4 Å². The monoisotopic (exact) mass is 297 g/mol. The van der Waals surface area contributed by atoms with Gasteiger partial charge < -0.3 is 9.80 Å². The lowest BCUT2D eigenvalue weighted by Gasteiger charge is -2.23. The average Bonchev–Trinajstić information content (AvgIpc) is 2.42. The summed E-state index contributed by atoms with van der Waals surface area (Å²) in [6, 6.07) is 0. The van der Waals surface area contributed by atoms with Crippen molar-refractivity contribution < 1.29 is 9.72 Å². The first-order valence-corrected chi connectivity index (χ1v) is 6.26. The minimum absolute atomic E-state index is 0.0230. The van der Waals surface area contributed by atoms with E-state index in [0.717, 1.165) is 0 Å². The number of nitrogens with one attached hydrogen (secondary N) is 1. The van der Waals surface area contributed by atoms with Crippen LogP contribution < -0.4 is 16.2 Å². The van der Waals surface area contributed by atoms with Gasteiger partial charge >= 0.3 is 5.69 Å². The van der Waals surface area contributed by atoms with E-state index in [4.69, 9.17) is 5.84 Å². The van der Waals surface area contributed by atoms with Crippen molar-refractivity contribution in [3.8, 4) is 0 Å². The molecule has 10 nitrogen and oxygen atoms in total. The van der Waals surface area contributed by atoms with Gasteiger partial charge in [0.2, 0.25) is 17.7 Å². The zero-order valence-electron chi connectivity index (χ0n) is 12.5. The van der Waals surface area contributed by atoms with Gasteiger partial charge in [0, 0.05) is 20.6 Å². The van der Waals surface area contributed by atoms with Crippen molar-refractivity contribution in [2.75, 3.05) is 37.5 Å². The van der Waals surface area contributed by atoms with E-state index in [0.29, 0.717) is 6.54 Å². The molecule has 116 valence electrons. The van der Waals surface area contributed by atoms with Crippen LogP contribution in [0.15, 0.2) is 0 Å². The zero-order chi connectivity index (χ0) is 16.2. The van der Waals surface area contributed by atoms with Crippen molar-refractivity contribution in [2.45, 2.75) is 13.8 Å². The number of hydrazine groups is 1. The number of rotatable bonds is 6. The Morgan fingerprint density at radius 2 is 2.05 bits per heavy atom. The third-order valence-electron chi connectivity index (χ3n) is 2.86. The molecule has 1 aromatic heterocycles. The molecule has 0 aliphatic carbocycles. The van der Waals surface area contributed by atoms with Gasteiger partial charge in [0.15, 0.2) is 0 Å². The lowest BCUT2D eigenvalue weighted by atomic mass is 10.3. The Labute approximate surface area is 122 Å². The predicted molar refractivity (Wildman–Crippen MR) is 77.8 cm³/mol. The van der Waals surface area contributed by atoms with Crippen LogP contribution in [0.3, 0.4) is 0 Å². The van der Waals surface area contributed by atoms with Gasteiger partial charge in [-0.3, -0.25) is 20.3 Å². The number of amides is 1. The minimum Gasteiger partial charge on any atom is -0.347 e. The predicted octanol–water partition coefficient (Wildman–Crippen LogP) is -0.107. The second-order valence-electron chi connectivity index (χ2n) is 4.51. The second-order valence-corrected chi connectivity index (χ2v) is 4.51. The third-order valence-corrected chi connectivity index (χ3v) is 2.86. The Hall–Kier alpha value is -2.49. The maximum Gasteiger partial charge on any atom is 0.332 e. The summed E-state index contributed by atoms with van der Waals surface area (Å²) in [5.41, 5.74) is 2.20. The van der Waals surface area contributed by atoms with Crippen molar-refractivity contribution in [2.24, 2.45) is 5.84 Å². The quantitative estimate of drug-likeness (QED) is 0.422. The molecule has 3 N–H and O–H groups in total. The number of nitrogen functional groups attached to an aromatic ring is 1. The molecule has 21 heavy (non-hydrogen) atoms. The van der Waals surface area contributed by atoms with Gasteiger partial charge in [0.05, 0.1) is 11.5 Å². The topological polar surface area (TPSA) is 131 Å². The van der Waals surface area contributed by atoms with Gasteiger partial charge in [-0.1, -0.05) is 0 Å². The number of likely N-dealkylation sites (N-methyl/N-ethyl adjacent to an activating group) is 2. The summed E-state index contributed by atoms with van der Waals surface area (Å²) < 4.78 is 0. The van der Waals surface area contributed by atoms with Gasteiger partial charge in [-0.15, -0.1) is 0 Å². The van der Waals surface area contributed by atoms with Gasteiger partial charge in [0.25, 0.3) is 0 Å². The van der Waals surface area contributed by atoms with Gasteiger partial charge in [0.1, 0.15) is 5.69 Å². The highest BCUT2D eigenvalue weighted by molar-refractivity contribution is 5.81. The molecule has 0 bridgehead atoms. The number of hydrogen-bond acceptors (Lipinski definition) is 8. The van der Waals surface area contributed by atoms with Crippen LogP contribution in [0.4, 0.5) is 17.5 Å². The maximum absolute atomic E-state index is 11.8. The molecule has 1 aromatic rings. The number of nitro groups is 1. The molecule has 0 aliphatic heterocycles. The van der Waals surface area contributed by atoms with E-state index >= 15 is 0 Å². The van der Waals surface area contributed by atoms with Crippen molar-refractivity contribution in [1.29, 1.82) is 0 Å². The van der Waals surface area contributed by atoms with Crippen LogP contribution in [0.5, 0.6) is 0 Å². The summed E-state index contributed by atoms with van der Waals surface area (Å²) in [5.74, 6) is 5.20. The SMILES string of the molecule is CCN(CC(=O)N(C)C)c1nc(NN)nc(C)c1[N+](=O)[O-]. The van der Waals surface area contributed by atoms with E-state index in [9.17, 15) is 14.9 Å². The molecular weight excluding hydrogens is 278 g/mol. The number of nitrogens with two attached hydrogens (primary N) is 1. The molecule has 0 radical (unpaired) electrons. The van der Waals surface area contributed by atoms with Crippen LogP contribution in [-0.4, -0.2) is 52.9 Å². The van der Waals surface area contributed by atoms with Crippen molar-refractivity contribution in [1.82, 2.24) is 14.9 Å². The van der Waals surface area contributed by atoms with Crippen LogP contribution in [0.2, 0.25) is 0 Å². The van der Waals surface area contributed by atoms with Crippen LogP contribution >= 0.6 is 0 Å². The Morgan fingerprint density at radius 3 is 2.48 bits per heavy atom. The normalized spacial score (nSPS) is 10.1. The summed E-state index contributed by atoms with van der Waals surface area (Å²) in [7, 11) is 3.23. The highest BCUT2D eigenvalue weighted by atomic mass is 16.6. The Kier molecular flexibility index (Phi) is 5.36. The van der Waals surface area contributed by atoms with Crippen molar-refractivity contribution in [3.63, 3.8) is 0 Å². The van der Waals surface area contributed by atoms with E-state index < -0.39 is 4.92 Å². The molecule has 0 spiro atoms. The summed E-state index contributed by atoms with van der Waals surface area (Å²) in [5, 5.41) is 11.2. The van der Waals surface area contributed by atoms with Crippen LogP contribution in [0, 0.1) is 17.0 Å². The lowest BCUT2D eigenvalue weighted by Crippen LogP contribution is -2.37. The molecule has 0 aliphatic rings. The van der Waals surface area contributed by atoms with E-state index in [-0.39, 0.29) is 35.6 Å². The van der Waals surface area contributed by atoms with E-state index in [1.807, 2.05) is 0 Å². The molecule has 1 rings (SSSR count). The minimum atomic E-state index is -0.562. The Balaban J connectivity index is 3.32. The third kappa shape index (κ3) is 3.75. The first kappa shape index (κ1) is 16.6. The number of carbonyl (C=O) groups excluding carboxylic acids is 1. The largest absolute Gasteiger partial charge is 0.347 e. The molecule has 0 fully saturated rings. The summed E-state index contributed by atoms with van der Waals surface area (Å²) in [4.78, 5) is 33.3. The lowest BCUT2D eigenvalue weighted by molar-refractivity contribution is -0.385. The smallest absolute Gasteiger partial charge is 0.332 e.